The van der Waals surface area contributed by atoms with Crippen LogP contribution in [-0.2, 0) is 15.3 Å². The molecule has 0 fully saturated rings. The predicted octanol–water partition coefficient (Wildman–Crippen LogP) is 3.09. The van der Waals surface area contributed by atoms with Gasteiger partial charge in [-0.25, -0.2) is 0 Å². The van der Waals surface area contributed by atoms with E-state index in [1.807, 2.05) is 24.3 Å². The first kappa shape index (κ1) is 16.9. The van der Waals surface area contributed by atoms with Crippen LogP contribution in [-0.4, -0.2) is 34.2 Å². The zero-order valence-corrected chi connectivity index (χ0v) is 13.1. The molecular weight excluding hydrogens is 294 g/mol. The molecule has 110 valence electrons. The van der Waals surface area contributed by atoms with Crippen LogP contribution in [0.15, 0.2) is 24.3 Å². The Morgan fingerprint density at radius 2 is 2.05 bits per heavy atom. The number of carbonyl (C=O) groups is 2. The van der Waals surface area contributed by atoms with E-state index >= 15 is 0 Å². The normalized spacial score (nSPS) is 10.2. The van der Waals surface area contributed by atoms with Crippen LogP contribution in [0.1, 0.15) is 18.9 Å². The molecule has 1 rings (SSSR count). The third-order valence-electron chi connectivity index (χ3n) is 2.29. The van der Waals surface area contributed by atoms with Crippen molar-refractivity contribution in [3.63, 3.8) is 0 Å². The molecule has 0 aliphatic heterocycles. The van der Waals surface area contributed by atoms with Crippen LogP contribution in [0.4, 0.5) is 5.69 Å². The predicted molar refractivity (Wildman–Crippen MR) is 86.5 cm³/mol. The lowest BCUT2D eigenvalue weighted by Crippen LogP contribution is -2.14. The van der Waals surface area contributed by atoms with Crippen molar-refractivity contribution in [3.8, 4) is 0 Å². The summed E-state index contributed by atoms with van der Waals surface area (Å²) in [5.41, 5.74) is 1.77. The van der Waals surface area contributed by atoms with Crippen LogP contribution < -0.4 is 5.32 Å². The maximum atomic E-state index is 11.7. The average Bonchev–Trinajstić information content (AvgIpc) is 2.39. The fourth-order valence-electron chi connectivity index (χ4n) is 1.50. The first-order chi connectivity index (χ1) is 9.61. The fraction of sp³-hybridized carbons (Fsp3) is 0.429. The molecule has 0 heterocycles. The standard InChI is InChI=1S/C14H19NO3S2/c1-2-6-19-9-13(16)15-12-5-3-4-11(7-12)8-20-10-14(17)18/h3-5,7H,2,6,8-10H2,1H3,(H,15,16)(H,17,18). The van der Waals surface area contributed by atoms with Crippen molar-refractivity contribution in [2.45, 2.75) is 19.1 Å². The number of aliphatic carboxylic acids is 1. The Bertz CT molecular complexity index is 452. The highest BCUT2D eigenvalue weighted by atomic mass is 32.2. The van der Waals surface area contributed by atoms with Crippen LogP contribution in [0.5, 0.6) is 0 Å². The summed E-state index contributed by atoms with van der Waals surface area (Å²) >= 11 is 2.96. The van der Waals surface area contributed by atoms with Gasteiger partial charge in [-0.05, 0) is 29.9 Å². The first-order valence-electron chi connectivity index (χ1n) is 6.38. The van der Waals surface area contributed by atoms with Gasteiger partial charge in [0.15, 0.2) is 0 Å². The van der Waals surface area contributed by atoms with E-state index in [9.17, 15) is 9.59 Å². The Morgan fingerprint density at radius 3 is 2.75 bits per heavy atom. The van der Waals surface area contributed by atoms with Crippen molar-refractivity contribution >= 4 is 41.1 Å². The smallest absolute Gasteiger partial charge is 0.313 e. The molecule has 0 spiro atoms. The number of benzene rings is 1. The number of nitrogens with one attached hydrogen (secondary N) is 1. The molecule has 20 heavy (non-hydrogen) atoms. The lowest BCUT2D eigenvalue weighted by atomic mass is 10.2. The SMILES string of the molecule is CCCSCC(=O)Nc1cccc(CSCC(=O)O)c1. The van der Waals surface area contributed by atoms with Gasteiger partial charge in [-0.1, -0.05) is 19.1 Å². The van der Waals surface area contributed by atoms with Crippen molar-refractivity contribution < 1.29 is 14.7 Å². The molecule has 1 aromatic carbocycles. The summed E-state index contributed by atoms with van der Waals surface area (Å²) in [6.07, 6.45) is 1.06. The Labute approximate surface area is 127 Å². The quantitative estimate of drug-likeness (QED) is 0.686. The van der Waals surface area contributed by atoms with E-state index in [2.05, 4.69) is 12.2 Å². The van der Waals surface area contributed by atoms with E-state index in [1.165, 1.54) is 11.8 Å². The summed E-state index contributed by atoms with van der Waals surface area (Å²) in [5, 5.41) is 11.4. The lowest BCUT2D eigenvalue weighted by Gasteiger charge is -2.07. The summed E-state index contributed by atoms with van der Waals surface area (Å²) < 4.78 is 0. The van der Waals surface area contributed by atoms with Crippen LogP contribution in [0.25, 0.3) is 0 Å². The van der Waals surface area contributed by atoms with Gasteiger partial charge in [-0.3, -0.25) is 9.59 Å². The minimum absolute atomic E-state index is 0.00112. The van der Waals surface area contributed by atoms with Gasteiger partial charge < -0.3 is 10.4 Å². The highest BCUT2D eigenvalue weighted by Gasteiger charge is 2.04. The number of hydrogen-bond donors (Lipinski definition) is 2. The van der Waals surface area contributed by atoms with E-state index in [0.29, 0.717) is 11.5 Å². The number of hydrogen-bond acceptors (Lipinski definition) is 4. The van der Waals surface area contributed by atoms with E-state index in [0.717, 1.165) is 23.4 Å². The van der Waals surface area contributed by atoms with Gasteiger partial charge in [0.25, 0.3) is 0 Å². The maximum Gasteiger partial charge on any atom is 0.313 e. The second-order valence-electron chi connectivity index (χ2n) is 4.19. The number of anilines is 1. The Hall–Kier alpha value is -1.14. The van der Waals surface area contributed by atoms with Gasteiger partial charge >= 0.3 is 5.97 Å². The van der Waals surface area contributed by atoms with E-state index < -0.39 is 5.97 Å². The molecule has 0 unspecified atom stereocenters. The van der Waals surface area contributed by atoms with E-state index in [1.54, 1.807) is 11.8 Å². The molecule has 0 aliphatic rings. The van der Waals surface area contributed by atoms with Crippen molar-refractivity contribution in [1.29, 1.82) is 0 Å². The molecule has 1 amide bonds. The topological polar surface area (TPSA) is 66.4 Å². The Kier molecular flexibility index (Phi) is 8.22. The van der Waals surface area contributed by atoms with Gasteiger partial charge in [-0.2, -0.15) is 11.8 Å². The number of rotatable bonds is 9. The van der Waals surface area contributed by atoms with Crippen LogP contribution in [0, 0.1) is 0 Å². The molecule has 0 radical (unpaired) electrons. The number of amides is 1. The van der Waals surface area contributed by atoms with Crippen molar-refractivity contribution in [3.05, 3.63) is 29.8 Å². The van der Waals surface area contributed by atoms with Crippen LogP contribution in [0.2, 0.25) is 0 Å². The monoisotopic (exact) mass is 313 g/mol. The van der Waals surface area contributed by atoms with Crippen molar-refractivity contribution in [2.75, 3.05) is 22.6 Å². The molecule has 1 aromatic rings. The largest absolute Gasteiger partial charge is 0.481 e. The number of thioether (sulfide) groups is 2. The molecule has 6 heteroatoms. The molecule has 0 bridgehead atoms. The summed E-state index contributed by atoms with van der Waals surface area (Å²) in [6, 6.07) is 7.52. The Balaban J connectivity index is 2.42. The molecular formula is C14H19NO3S2. The summed E-state index contributed by atoms with van der Waals surface area (Å²) in [4.78, 5) is 22.1. The molecule has 2 N–H and O–H groups in total. The van der Waals surface area contributed by atoms with Gasteiger partial charge in [-0.15, -0.1) is 11.8 Å². The third-order valence-corrected chi connectivity index (χ3v) is 4.44. The molecule has 4 nitrogen and oxygen atoms in total. The van der Waals surface area contributed by atoms with Gasteiger partial charge in [0.1, 0.15) is 0 Å². The minimum atomic E-state index is -0.813. The van der Waals surface area contributed by atoms with Gasteiger partial charge in [0.2, 0.25) is 5.91 Å². The molecule has 0 aliphatic carbocycles. The number of carboxylic acid groups (broad SMARTS) is 1. The average molecular weight is 313 g/mol. The third kappa shape index (κ3) is 7.45. The molecule has 0 aromatic heterocycles. The zero-order valence-electron chi connectivity index (χ0n) is 11.4. The molecule has 0 saturated heterocycles. The second-order valence-corrected chi connectivity index (χ2v) is 6.28. The van der Waals surface area contributed by atoms with Crippen LogP contribution in [0.3, 0.4) is 0 Å². The second kappa shape index (κ2) is 9.72. The number of carbonyl (C=O) groups excluding carboxylic acids is 1. The highest BCUT2D eigenvalue weighted by Crippen LogP contribution is 2.17. The number of carboxylic acids is 1. The minimum Gasteiger partial charge on any atom is -0.481 e. The summed E-state index contributed by atoms with van der Waals surface area (Å²) in [7, 11) is 0. The first-order valence-corrected chi connectivity index (χ1v) is 8.69. The van der Waals surface area contributed by atoms with Gasteiger partial charge in [0, 0.05) is 11.4 Å². The zero-order chi connectivity index (χ0) is 14.8. The molecule has 0 saturated carbocycles. The maximum absolute atomic E-state index is 11.7. The molecule has 0 atom stereocenters. The fourth-order valence-corrected chi connectivity index (χ4v) is 2.88. The summed E-state index contributed by atoms with van der Waals surface area (Å²) in [6.45, 7) is 2.09. The van der Waals surface area contributed by atoms with Crippen molar-refractivity contribution in [2.24, 2.45) is 0 Å². The van der Waals surface area contributed by atoms with Crippen LogP contribution >= 0.6 is 23.5 Å². The lowest BCUT2D eigenvalue weighted by molar-refractivity contribution is -0.133. The van der Waals surface area contributed by atoms with Crippen molar-refractivity contribution in [1.82, 2.24) is 0 Å². The van der Waals surface area contributed by atoms with E-state index in [4.69, 9.17) is 5.11 Å². The summed E-state index contributed by atoms with van der Waals surface area (Å²) in [5.74, 6) is 1.35. The van der Waals surface area contributed by atoms with E-state index in [-0.39, 0.29) is 11.7 Å². The highest BCUT2D eigenvalue weighted by molar-refractivity contribution is 8.00. The van der Waals surface area contributed by atoms with Gasteiger partial charge in [0.05, 0.1) is 11.5 Å². The Morgan fingerprint density at radius 1 is 1.25 bits per heavy atom.